The molecule has 0 amide bonds. The maximum atomic E-state index is 13.5. The smallest absolute Gasteiger partial charge is 0.355 e. The Kier molecular flexibility index (Phi) is 4.82. The second-order valence-corrected chi connectivity index (χ2v) is 6.27. The maximum absolute atomic E-state index is 13.5. The van der Waals surface area contributed by atoms with Crippen molar-refractivity contribution in [2.24, 2.45) is 0 Å². The molecule has 1 aliphatic rings. The lowest BCUT2D eigenvalue weighted by Gasteiger charge is -2.29. The summed E-state index contributed by atoms with van der Waals surface area (Å²) >= 11 is 0. The summed E-state index contributed by atoms with van der Waals surface area (Å²) in [5.74, 6) is -0.108. The van der Waals surface area contributed by atoms with E-state index in [1.54, 1.807) is 42.1 Å². The number of nitrogens with zero attached hydrogens (tertiary/aromatic N) is 3. The molecule has 0 bridgehead atoms. The summed E-state index contributed by atoms with van der Waals surface area (Å²) in [6.07, 6.45) is 1.36. The minimum atomic E-state index is -0.730. The number of Topliss-reactive ketones (excluding diaryl/α,β-unsaturated/α-hetero) is 1. The second kappa shape index (κ2) is 7.59. The van der Waals surface area contributed by atoms with Gasteiger partial charge in [0.15, 0.2) is 5.78 Å². The van der Waals surface area contributed by atoms with Crippen molar-refractivity contribution in [2.75, 3.05) is 19.5 Å². The van der Waals surface area contributed by atoms with E-state index in [2.05, 4.69) is 15.4 Å². The number of hydrogen-bond acceptors (Lipinski definition) is 7. The maximum Gasteiger partial charge on any atom is 0.355 e. The minimum Gasteiger partial charge on any atom is -0.496 e. The molecule has 1 atom stereocenters. The van der Waals surface area contributed by atoms with Gasteiger partial charge >= 0.3 is 5.97 Å². The van der Waals surface area contributed by atoms with E-state index in [4.69, 9.17) is 9.47 Å². The number of carbonyl (C=O) groups is 2. The molecule has 1 aliphatic heterocycles. The van der Waals surface area contributed by atoms with Gasteiger partial charge < -0.3 is 14.8 Å². The van der Waals surface area contributed by atoms with Crippen LogP contribution >= 0.6 is 0 Å². The first kappa shape index (κ1) is 18.4. The van der Waals surface area contributed by atoms with E-state index in [-0.39, 0.29) is 17.1 Å². The van der Waals surface area contributed by atoms with Crippen molar-refractivity contribution in [1.29, 1.82) is 0 Å². The van der Waals surface area contributed by atoms with Crippen molar-refractivity contribution in [3.05, 3.63) is 83.3 Å². The normalized spacial score (nSPS) is 15.3. The van der Waals surface area contributed by atoms with Crippen LogP contribution in [0.15, 0.2) is 72.2 Å². The zero-order valence-electron chi connectivity index (χ0n) is 15.8. The minimum absolute atomic E-state index is 0.0257. The van der Waals surface area contributed by atoms with Crippen LogP contribution in [0.3, 0.4) is 0 Å². The van der Waals surface area contributed by atoms with Crippen LogP contribution in [0.1, 0.15) is 22.0 Å². The van der Waals surface area contributed by atoms with E-state index in [1.807, 2.05) is 24.3 Å². The van der Waals surface area contributed by atoms with E-state index in [0.717, 1.165) is 0 Å². The van der Waals surface area contributed by atoms with E-state index in [9.17, 15) is 9.59 Å². The molecule has 8 heteroatoms. The molecule has 0 fully saturated rings. The summed E-state index contributed by atoms with van der Waals surface area (Å²) in [7, 11) is 2.81. The van der Waals surface area contributed by atoms with Crippen molar-refractivity contribution in [2.45, 2.75) is 6.04 Å². The van der Waals surface area contributed by atoms with Crippen LogP contribution in [0.4, 0.5) is 5.95 Å². The summed E-state index contributed by atoms with van der Waals surface area (Å²) in [6.45, 7) is 0. The lowest BCUT2D eigenvalue weighted by molar-refractivity contribution is -0.136. The molecule has 0 unspecified atom stereocenters. The summed E-state index contributed by atoms with van der Waals surface area (Å²) < 4.78 is 12.0. The molecule has 0 spiro atoms. The molecule has 0 saturated carbocycles. The number of anilines is 1. The molecule has 3 aromatic rings. The van der Waals surface area contributed by atoms with Crippen LogP contribution in [-0.2, 0) is 9.53 Å². The van der Waals surface area contributed by atoms with E-state index < -0.39 is 12.0 Å². The number of allylic oxidation sites excluding steroid dienone is 1. The number of aromatic nitrogens is 3. The number of para-hydroxylation sites is 1. The number of nitrogens with one attached hydrogen (secondary N) is 1. The average Bonchev–Trinajstić information content (AvgIpc) is 3.25. The van der Waals surface area contributed by atoms with Crippen molar-refractivity contribution in [3.63, 3.8) is 0 Å². The Bertz CT molecular complexity index is 1100. The molecule has 2 heterocycles. The first-order chi connectivity index (χ1) is 14.2. The number of ketones is 1. The van der Waals surface area contributed by atoms with Crippen molar-refractivity contribution < 1.29 is 19.1 Å². The third kappa shape index (κ3) is 3.14. The summed E-state index contributed by atoms with van der Waals surface area (Å²) in [5.41, 5.74) is 1.33. The van der Waals surface area contributed by atoms with Crippen LogP contribution in [0.25, 0.3) is 0 Å². The topological polar surface area (TPSA) is 95.3 Å². The number of rotatable bonds is 5. The molecule has 1 N–H and O–H groups in total. The van der Waals surface area contributed by atoms with Gasteiger partial charge in [-0.05, 0) is 6.07 Å². The Morgan fingerprint density at radius 1 is 1.03 bits per heavy atom. The number of ether oxygens (including phenoxy) is 2. The van der Waals surface area contributed by atoms with E-state index in [0.29, 0.717) is 22.8 Å². The van der Waals surface area contributed by atoms with Gasteiger partial charge in [-0.3, -0.25) is 4.79 Å². The first-order valence-corrected chi connectivity index (χ1v) is 8.87. The van der Waals surface area contributed by atoms with Gasteiger partial charge in [-0.25, -0.2) is 9.48 Å². The lowest BCUT2D eigenvalue weighted by atomic mass is 9.89. The molecule has 146 valence electrons. The van der Waals surface area contributed by atoms with Gasteiger partial charge in [0, 0.05) is 11.1 Å². The third-order valence-electron chi connectivity index (χ3n) is 4.70. The fourth-order valence-electron chi connectivity index (χ4n) is 3.39. The van der Waals surface area contributed by atoms with Gasteiger partial charge in [0.2, 0.25) is 5.95 Å². The lowest BCUT2D eigenvalue weighted by Crippen LogP contribution is -2.33. The highest BCUT2D eigenvalue weighted by atomic mass is 16.5. The Hall–Kier alpha value is -3.94. The number of benzene rings is 2. The standard InChI is InChI=1S/C21H18N4O4/c1-28-15-11-7-6-10-14(15)18-16(19(26)13-8-4-3-5-9-13)17(20(27)29-2)24-21-22-12-23-25(18)21/h3-12,18H,1-2H3,(H,22,23,24)/t18-/m0/s1. The molecular weight excluding hydrogens is 372 g/mol. The summed E-state index contributed by atoms with van der Waals surface area (Å²) in [5, 5.41) is 7.18. The number of esters is 1. The first-order valence-electron chi connectivity index (χ1n) is 8.87. The zero-order valence-corrected chi connectivity index (χ0v) is 15.8. The molecule has 0 radical (unpaired) electrons. The van der Waals surface area contributed by atoms with Crippen LogP contribution in [0, 0.1) is 0 Å². The number of methoxy groups -OCH3 is 2. The highest BCUT2D eigenvalue weighted by Crippen LogP contribution is 2.40. The number of carbonyl (C=O) groups excluding carboxylic acids is 2. The predicted molar refractivity (Wildman–Crippen MR) is 105 cm³/mol. The van der Waals surface area contributed by atoms with Gasteiger partial charge in [0.05, 0.1) is 19.8 Å². The Balaban J connectivity index is 1.99. The van der Waals surface area contributed by atoms with Crippen LogP contribution in [0.2, 0.25) is 0 Å². The zero-order chi connectivity index (χ0) is 20.4. The van der Waals surface area contributed by atoms with Crippen LogP contribution in [0.5, 0.6) is 5.75 Å². The fourth-order valence-corrected chi connectivity index (χ4v) is 3.39. The average molecular weight is 390 g/mol. The Morgan fingerprint density at radius 2 is 1.76 bits per heavy atom. The van der Waals surface area contributed by atoms with Crippen LogP contribution < -0.4 is 10.1 Å². The predicted octanol–water partition coefficient (Wildman–Crippen LogP) is 2.61. The SMILES string of the molecule is COC(=O)C1=C(C(=O)c2ccccc2)[C@H](c2ccccc2OC)n2ncnc2N1. The molecule has 4 rings (SSSR count). The van der Waals surface area contributed by atoms with Gasteiger partial charge in [-0.15, -0.1) is 0 Å². The van der Waals surface area contributed by atoms with Gasteiger partial charge in [0.25, 0.3) is 0 Å². The monoisotopic (exact) mass is 390 g/mol. The van der Waals surface area contributed by atoms with E-state index in [1.165, 1.54) is 13.4 Å². The fraction of sp³-hybridized carbons (Fsp3) is 0.143. The Labute approximate surface area is 166 Å². The summed E-state index contributed by atoms with van der Waals surface area (Å²) in [6, 6.07) is 15.3. The molecule has 2 aromatic carbocycles. The van der Waals surface area contributed by atoms with Crippen molar-refractivity contribution >= 4 is 17.7 Å². The van der Waals surface area contributed by atoms with Gasteiger partial charge in [0.1, 0.15) is 23.8 Å². The van der Waals surface area contributed by atoms with Crippen molar-refractivity contribution in [3.8, 4) is 5.75 Å². The van der Waals surface area contributed by atoms with Gasteiger partial charge in [-0.2, -0.15) is 10.1 Å². The molecule has 1 aromatic heterocycles. The summed E-state index contributed by atoms with van der Waals surface area (Å²) in [4.78, 5) is 30.3. The molecule has 0 aliphatic carbocycles. The highest BCUT2D eigenvalue weighted by molar-refractivity contribution is 6.15. The third-order valence-corrected chi connectivity index (χ3v) is 4.70. The Morgan fingerprint density at radius 3 is 2.48 bits per heavy atom. The number of hydrogen-bond donors (Lipinski definition) is 1. The van der Waals surface area contributed by atoms with E-state index >= 15 is 0 Å². The largest absolute Gasteiger partial charge is 0.496 e. The molecule has 8 nitrogen and oxygen atoms in total. The molecule has 0 saturated heterocycles. The number of fused-ring (bicyclic) bond motifs is 1. The molecular formula is C21H18N4O4. The second-order valence-electron chi connectivity index (χ2n) is 6.27. The van der Waals surface area contributed by atoms with Gasteiger partial charge in [-0.1, -0.05) is 48.5 Å². The highest BCUT2D eigenvalue weighted by Gasteiger charge is 2.39. The quantitative estimate of drug-likeness (QED) is 0.528. The van der Waals surface area contributed by atoms with Crippen molar-refractivity contribution in [1.82, 2.24) is 14.8 Å². The van der Waals surface area contributed by atoms with Crippen LogP contribution in [-0.4, -0.2) is 40.7 Å². The molecule has 29 heavy (non-hydrogen) atoms.